The number of hydrogen-bond acceptors (Lipinski definition) is 2. The number of nitrogens with zero attached hydrogens (tertiary/aromatic N) is 1. The van der Waals surface area contributed by atoms with Crippen molar-refractivity contribution < 1.29 is 14.3 Å². The van der Waals surface area contributed by atoms with Gasteiger partial charge in [0.05, 0.1) is 13.0 Å². The molecule has 1 rings (SSSR count). The molecule has 70 valence electrons. The molecule has 1 aliphatic rings. The fourth-order valence-corrected chi connectivity index (χ4v) is 1.35. The Morgan fingerprint density at radius 2 is 2.08 bits per heavy atom. The molecule has 1 fully saturated rings. The largest absolute Gasteiger partial charge is 0.393 e. The zero-order valence-corrected chi connectivity index (χ0v) is 7.00. The van der Waals surface area contributed by atoms with Crippen molar-refractivity contribution in [2.24, 2.45) is 0 Å². The number of rotatable bonds is 3. The second-order valence-corrected chi connectivity index (χ2v) is 3.07. The zero-order valence-electron chi connectivity index (χ0n) is 7.00. The summed E-state index contributed by atoms with van der Waals surface area (Å²) in [6.07, 6.45) is 0.471. The molecule has 0 radical (unpaired) electrons. The van der Waals surface area contributed by atoms with Crippen molar-refractivity contribution in [2.75, 3.05) is 19.7 Å². The number of halogens is 1. The molecule has 1 atom stereocenters. The van der Waals surface area contributed by atoms with Crippen LogP contribution in [0.1, 0.15) is 19.3 Å². The van der Waals surface area contributed by atoms with Crippen molar-refractivity contribution in [2.45, 2.75) is 25.4 Å². The van der Waals surface area contributed by atoms with E-state index in [0.29, 0.717) is 0 Å². The van der Waals surface area contributed by atoms with Crippen LogP contribution in [0, 0.1) is 0 Å². The number of carbonyl (C=O) groups excluding carboxylic acids is 1. The summed E-state index contributed by atoms with van der Waals surface area (Å²) >= 11 is 0. The van der Waals surface area contributed by atoms with Crippen molar-refractivity contribution in [3.05, 3.63) is 0 Å². The second-order valence-electron chi connectivity index (χ2n) is 3.07. The van der Waals surface area contributed by atoms with Gasteiger partial charge in [0.15, 0.2) is 0 Å². The van der Waals surface area contributed by atoms with E-state index in [1.54, 1.807) is 4.90 Å². The van der Waals surface area contributed by atoms with Crippen LogP contribution in [0.2, 0.25) is 0 Å². The summed E-state index contributed by atoms with van der Waals surface area (Å²) in [5.74, 6) is -0.172. The highest BCUT2D eigenvalue weighted by Gasteiger charge is 2.20. The summed E-state index contributed by atoms with van der Waals surface area (Å²) in [6, 6.07) is 0. The highest BCUT2D eigenvalue weighted by atomic mass is 19.1. The first kappa shape index (κ1) is 9.45. The number of aliphatic hydroxyl groups is 1. The van der Waals surface area contributed by atoms with E-state index in [9.17, 15) is 9.18 Å². The fraction of sp³-hybridized carbons (Fsp3) is 0.875. The number of aliphatic hydroxyl groups excluding tert-OH is 1. The minimum absolute atomic E-state index is 0.170. The van der Waals surface area contributed by atoms with Gasteiger partial charge in [-0.25, -0.2) is 4.39 Å². The molecule has 1 amide bonds. The molecule has 0 aromatic carbocycles. The second kappa shape index (κ2) is 4.40. The average molecular weight is 175 g/mol. The zero-order chi connectivity index (χ0) is 8.97. The lowest BCUT2D eigenvalue weighted by molar-refractivity contribution is -0.131. The first-order valence-electron chi connectivity index (χ1n) is 4.26. The molecule has 4 heteroatoms. The normalized spacial score (nSPS) is 19.7. The molecular weight excluding hydrogens is 161 g/mol. The van der Waals surface area contributed by atoms with Gasteiger partial charge < -0.3 is 10.0 Å². The van der Waals surface area contributed by atoms with Gasteiger partial charge in [-0.1, -0.05) is 0 Å². The summed E-state index contributed by atoms with van der Waals surface area (Å²) in [6.45, 7) is 0.938. The molecule has 12 heavy (non-hydrogen) atoms. The van der Waals surface area contributed by atoms with Crippen molar-refractivity contribution in [3.63, 3.8) is 0 Å². The van der Waals surface area contributed by atoms with Crippen LogP contribution in [-0.4, -0.2) is 41.8 Å². The Kier molecular flexibility index (Phi) is 3.47. The minimum Gasteiger partial charge on any atom is -0.393 e. The van der Waals surface area contributed by atoms with Crippen LogP contribution in [-0.2, 0) is 4.79 Å². The van der Waals surface area contributed by atoms with Crippen LogP contribution in [0.5, 0.6) is 0 Å². The number of carbonyl (C=O) groups is 1. The Bertz CT molecular complexity index is 157. The van der Waals surface area contributed by atoms with Gasteiger partial charge in [-0.3, -0.25) is 4.79 Å². The van der Waals surface area contributed by atoms with Crippen LogP contribution in [0.15, 0.2) is 0 Å². The molecule has 0 aromatic heterocycles. The van der Waals surface area contributed by atoms with E-state index in [2.05, 4.69) is 0 Å². The number of likely N-dealkylation sites (tertiary alicyclic amines) is 1. The average Bonchev–Trinajstić information content (AvgIpc) is 2.56. The molecule has 1 N–H and O–H groups in total. The van der Waals surface area contributed by atoms with Crippen LogP contribution in [0.4, 0.5) is 4.39 Å². The molecule has 0 bridgehead atoms. The van der Waals surface area contributed by atoms with E-state index in [4.69, 9.17) is 5.11 Å². The molecule has 0 aromatic rings. The van der Waals surface area contributed by atoms with E-state index < -0.39 is 12.8 Å². The summed E-state index contributed by atoms with van der Waals surface area (Å²) in [5.41, 5.74) is 0. The van der Waals surface area contributed by atoms with E-state index in [1.807, 2.05) is 0 Å². The lowest BCUT2D eigenvalue weighted by Gasteiger charge is -2.15. The monoisotopic (exact) mass is 175 g/mol. The first-order chi connectivity index (χ1) is 5.74. The Morgan fingerprint density at radius 1 is 1.50 bits per heavy atom. The van der Waals surface area contributed by atoms with Crippen molar-refractivity contribution in [1.29, 1.82) is 0 Å². The van der Waals surface area contributed by atoms with Crippen molar-refractivity contribution in [1.82, 2.24) is 4.90 Å². The van der Waals surface area contributed by atoms with Gasteiger partial charge in [0.2, 0.25) is 5.91 Å². The Balaban J connectivity index is 2.27. The highest BCUT2D eigenvalue weighted by molar-refractivity contribution is 5.76. The van der Waals surface area contributed by atoms with Gasteiger partial charge in [-0.15, -0.1) is 0 Å². The van der Waals surface area contributed by atoms with Gasteiger partial charge in [-0.2, -0.15) is 0 Å². The molecule has 3 nitrogen and oxygen atoms in total. The molecular formula is C8H14FNO2. The molecule has 1 aliphatic heterocycles. The summed E-state index contributed by atoms with van der Waals surface area (Å²) in [5, 5.41) is 8.38. The van der Waals surface area contributed by atoms with E-state index >= 15 is 0 Å². The maximum absolute atomic E-state index is 12.5. The standard InChI is InChI=1S/C8H14FNO2/c9-7(6-11)5-8(12)10-3-1-2-4-10/h7,11H,1-6H2. The lowest BCUT2D eigenvalue weighted by Crippen LogP contribution is -2.30. The number of alkyl halides is 1. The molecule has 0 aliphatic carbocycles. The number of amides is 1. The Morgan fingerprint density at radius 3 is 2.58 bits per heavy atom. The summed E-state index contributed by atoms with van der Waals surface area (Å²) < 4.78 is 12.5. The third-order valence-electron chi connectivity index (χ3n) is 2.05. The van der Waals surface area contributed by atoms with E-state index in [0.717, 1.165) is 25.9 Å². The maximum atomic E-state index is 12.5. The molecule has 1 saturated heterocycles. The Hall–Kier alpha value is -0.640. The molecule has 1 heterocycles. The van der Waals surface area contributed by atoms with Crippen molar-refractivity contribution in [3.8, 4) is 0 Å². The third-order valence-corrected chi connectivity index (χ3v) is 2.05. The SMILES string of the molecule is O=C(CC(F)CO)N1CCCC1. The fourth-order valence-electron chi connectivity index (χ4n) is 1.35. The van der Waals surface area contributed by atoms with E-state index in [-0.39, 0.29) is 12.3 Å². The number of hydrogen-bond donors (Lipinski definition) is 1. The van der Waals surface area contributed by atoms with Gasteiger partial charge in [0.1, 0.15) is 6.17 Å². The van der Waals surface area contributed by atoms with Crippen LogP contribution in [0.3, 0.4) is 0 Å². The van der Waals surface area contributed by atoms with Gasteiger partial charge in [0.25, 0.3) is 0 Å². The third kappa shape index (κ3) is 2.44. The molecule has 0 spiro atoms. The quantitative estimate of drug-likeness (QED) is 0.671. The minimum atomic E-state index is -1.39. The smallest absolute Gasteiger partial charge is 0.225 e. The van der Waals surface area contributed by atoms with Gasteiger partial charge >= 0.3 is 0 Å². The summed E-state index contributed by atoms with van der Waals surface area (Å²) in [4.78, 5) is 12.8. The first-order valence-corrected chi connectivity index (χ1v) is 4.26. The molecule has 0 saturated carbocycles. The van der Waals surface area contributed by atoms with E-state index in [1.165, 1.54) is 0 Å². The predicted molar refractivity (Wildman–Crippen MR) is 42.4 cm³/mol. The van der Waals surface area contributed by atoms with Crippen LogP contribution in [0.25, 0.3) is 0 Å². The van der Waals surface area contributed by atoms with Crippen molar-refractivity contribution >= 4 is 5.91 Å². The van der Waals surface area contributed by atoms with Crippen LogP contribution >= 0.6 is 0 Å². The van der Waals surface area contributed by atoms with Crippen LogP contribution < -0.4 is 0 Å². The Labute approximate surface area is 71.2 Å². The maximum Gasteiger partial charge on any atom is 0.225 e. The topological polar surface area (TPSA) is 40.5 Å². The lowest BCUT2D eigenvalue weighted by atomic mass is 10.2. The predicted octanol–water partition coefficient (Wildman–Crippen LogP) is 0.329. The van der Waals surface area contributed by atoms with Gasteiger partial charge in [-0.05, 0) is 12.8 Å². The highest BCUT2D eigenvalue weighted by Crippen LogP contribution is 2.10. The summed E-state index contributed by atoms with van der Waals surface area (Å²) in [7, 11) is 0. The molecule has 1 unspecified atom stereocenters. The van der Waals surface area contributed by atoms with Gasteiger partial charge in [0, 0.05) is 13.1 Å².